The van der Waals surface area contributed by atoms with E-state index in [2.05, 4.69) is 46.9 Å². The lowest BCUT2D eigenvalue weighted by molar-refractivity contribution is -0.132. The number of carbonyl (C=O) groups excluding carboxylic acids is 1. The van der Waals surface area contributed by atoms with E-state index in [1.54, 1.807) is 6.33 Å². The molecule has 0 aliphatic carbocycles. The van der Waals surface area contributed by atoms with Crippen LogP contribution in [-0.2, 0) is 17.8 Å². The minimum Gasteiger partial charge on any atom is -0.348 e. The summed E-state index contributed by atoms with van der Waals surface area (Å²) in [6.45, 7) is 8.31. The van der Waals surface area contributed by atoms with Gasteiger partial charge in [-0.2, -0.15) is 0 Å². The number of nitrogens with zero attached hydrogens (tertiary/aromatic N) is 3. The molecule has 1 heterocycles. The van der Waals surface area contributed by atoms with Crippen LogP contribution in [-0.4, -0.2) is 52.9 Å². The van der Waals surface area contributed by atoms with Crippen molar-refractivity contribution in [2.45, 2.75) is 40.2 Å². The number of aromatic nitrogens is 2. The molecule has 0 radical (unpaired) electrons. The van der Waals surface area contributed by atoms with E-state index in [1.807, 2.05) is 25.9 Å². The predicted octanol–water partition coefficient (Wildman–Crippen LogP) is 2.86. The molecule has 0 fully saturated rings. The van der Waals surface area contributed by atoms with E-state index < -0.39 is 0 Å². The summed E-state index contributed by atoms with van der Waals surface area (Å²) in [5, 5.41) is 0. The highest BCUT2D eigenvalue weighted by Gasteiger charge is 2.16. The lowest BCUT2D eigenvalue weighted by atomic mass is 10.0. The number of rotatable bonds is 8. The molecule has 0 aliphatic heterocycles. The van der Waals surface area contributed by atoms with Crippen LogP contribution in [0.15, 0.2) is 24.5 Å². The molecule has 2 rings (SSSR count). The van der Waals surface area contributed by atoms with Crippen LogP contribution in [0.4, 0.5) is 0 Å². The fraction of sp³-hybridized carbons (Fsp3) is 0.500. The summed E-state index contributed by atoms with van der Waals surface area (Å²) in [6, 6.07) is 6.50. The molecule has 1 aromatic carbocycles. The molecule has 25 heavy (non-hydrogen) atoms. The van der Waals surface area contributed by atoms with Crippen LogP contribution in [0, 0.1) is 20.8 Å². The van der Waals surface area contributed by atoms with E-state index in [1.165, 1.54) is 16.7 Å². The number of imidazole rings is 1. The summed E-state index contributed by atoms with van der Waals surface area (Å²) in [6.07, 6.45) is 2.99. The Morgan fingerprint density at radius 3 is 2.32 bits per heavy atom. The van der Waals surface area contributed by atoms with E-state index in [-0.39, 0.29) is 5.91 Å². The van der Waals surface area contributed by atoms with Gasteiger partial charge in [0, 0.05) is 25.2 Å². The molecule has 136 valence electrons. The van der Waals surface area contributed by atoms with Gasteiger partial charge in [-0.1, -0.05) is 29.3 Å². The third kappa shape index (κ3) is 6.02. The Balaban J connectivity index is 2.02. The standard InChI is InChI=1S/C20H30N4O/c1-15-10-16(2)12-18(11-15)6-7-20(25)24(9-8-23(4)5)13-19-17(3)21-14-22-19/h10-12,14H,6-9,13H2,1-5H3,(H,21,22). The lowest BCUT2D eigenvalue weighted by Gasteiger charge is -2.24. The number of amides is 1. The summed E-state index contributed by atoms with van der Waals surface area (Å²) in [7, 11) is 4.05. The molecule has 1 aromatic heterocycles. The molecule has 0 saturated carbocycles. The Labute approximate surface area is 151 Å². The van der Waals surface area contributed by atoms with Gasteiger partial charge >= 0.3 is 0 Å². The smallest absolute Gasteiger partial charge is 0.223 e. The zero-order valence-electron chi connectivity index (χ0n) is 16.1. The van der Waals surface area contributed by atoms with Crippen molar-refractivity contribution < 1.29 is 4.79 Å². The van der Waals surface area contributed by atoms with Crippen LogP contribution < -0.4 is 0 Å². The number of aromatic amines is 1. The molecule has 2 aromatic rings. The topological polar surface area (TPSA) is 52.2 Å². The SMILES string of the molecule is Cc1cc(C)cc(CCC(=O)N(CCN(C)C)Cc2nc[nH]c2C)c1. The Kier molecular flexibility index (Phi) is 6.76. The Morgan fingerprint density at radius 2 is 1.76 bits per heavy atom. The summed E-state index contributed by atoms with van der Waals surface area (Å²) < 4.78 is 0. The van der Waals surface area contributed by atoms with Crippen molar-refractivity contribution in [3.63, 3.8) is 0 Å². The Morgan fingerprint density at radius 1 is 1.08 bits per heavy atom. The number of nitrogens with one attached hydrogen (secondary N) is 1. The van der Waals surface area contributed by atoms with Gasteiger partial charge in [-0.25, -0.2) is 4.98 Å². The molecule has 1 N–H and O–H groups in total. The highest BCUT2D eigenvalue weighted by Crippen LogP contribution is 2.13. The molecular formula is C20H30N4O. The van der Waals surface area contributed by atoms with Gasteiger partial charge in [0.15, 0.2) is 0 Å². The molecule has 0 spiro atoms. The molecule has 0 bridgehead atoms. The van der Waals surface area contributed by atoms with Gasteiger partial charge in [0.05, 0.1) is 18.6 Å². The van der Waals surface area contributed by atoms with Crippen LogP contribution in [0.1, 0.15) is 34.5 Å². The summed E-state index contributed by atoms with van der Waals surface area (Å²) in [4.78, 5) is 24.3. The van der Waals surface area contributed by atoms with E-state index in [0.29, 0.717) is 19.5 Å². The lowest BCUT2D eigenvalue weighted by Crippen LogP contribution is -2.36. The van der Waals surface area contributed by atoms with Gasteiger partial charge in [-0.3, -0.25) is 4.79 Å². The highest BCUT2D eigenvalue weighted by atomic mass is 16.2. The minimum atomic E-state index is 0.184. The van der Waals surface area contributed by atoms with E-state index >= 15 is 0 Å². The predicted molar refractivity (Wildman–Crippen MR) is 102 cm³/mol. The summed E-state index contributed by atoms with van der Waals surface area (Å²) >= 11 is 0. The van der Waals surface area contributed by atoms with Gasteiger partial charge in [0.25, 0.3) is 0 Å². The van der Waals surface area contributed by atoms with Crippen molar-refractivity contribution in [1.82, 2.24) is 19.8 Å². The molecule has 1 amide bonds. The molecular weight excluding hydrogens is 312 g/mol. The second kappa shape index (κ2) is 8.81. The first-order chi connectivity index (χ1) is 11.8. The fourth-order valence-corrected chi connectivity index (χ4v) is 2.96. The Bertz CT molecular complexity index is 685. The third-order valence-corrected chi connectivity index (χ3v) is 4.35. The Hall–Kier alpha value is -2.14. The largest absolute Gasteiger partial charge is 0.348 e. The summed E-state index contributed by atoms with van der Waals surface area (Å²) in [5.74, 6) is 0.184. The molecule has 0 unspecified atom stereocenters. The summed E-state index contributed by atoms with van der Waals surface area (Å²) in [5.41, 5.74) is 5.70. The van der Waals surface area contributed by atoms with Crippen molar-refractivity contribution >= 4 is 5.91 Å². The van der Waals surface area contributed by atoms with Gasteiger partial charge in [0.1, 0.15) is 0 Å². The van der Waals surface area contributed by atoms with Crippen LogP contribution >= 0.6 is 0 Å². The molecule has 5 heteroatoms. The second-order valence-corrected chi connectivity index (χ2v) is 7.09. The van der Waals surface area contributed by atoms with E-state index in [4.69, 9.17) is 0 Å². The number of H-pyrrole nitrogens is 1. The number of aryl methyl sites for hydroxylation is 4. The molecule has 0 atom stereocenters. The van der Waals surface area contributed by atoms with Crippen molar-refractivity contribution in [1.29, 1.82) is 0 Å². The normalized spacial score (nSPS) is 11.1. The average molecular weight is 342 g/mol. The van der Waals surface area contributed by atoms with Gasteiger partial charge in [-0.15, -0.1) is 0 Å². The van der Waals surface area contributed by atoms with Crippen molar-refractivity contribution in [2.24, 2.45) is 0 Å². The van der Waals surface area contributed by atoms with Crippen LogP contribution in [0.3, 0.4) is 0 Å². The zero-order valence-corrected chi connectivity index (χ0v) is 16.1. The number of likely N-dealkylation sites (N-methyl/N-ethyl adjacent to an activating group) is 1. The van der Waals surface area contributed by atoms with Gasteiger partial charge in [-0.05, 0) is 46.9 Å². The van der Waals surface area contributed by atoms with Crippen LogP contribution in [0.25, 0.3) is 0 Å². The van der Waals surface area contributed by atoms with E-state index in [9.17, 15) is 4.79 Å². The zero-order chi connectivity index (χ0) is 18.4. The first-order valence-electron chi connectivity index (χ1n) is 8.83. The van der Waals surface area contributed by atoms with Gasteiger partial charge in [0.2, 0.25) is 5.91 Å². The maximum Gasteiger partial charge on any atom is 0.223 e. The highest BCUT2D eigenvalue weighted by molar-refractivity contribution is 5.76. The number of benzene rings is 1. The van der Waals surface area contributed by atoms with Crippen molar-refractivity contribution in [2.75, 3.05) is 27.2 Å². The molecule has 0 saturated heterocycles. The minimum absolute atomic E-state index is 0.184. The number of carbonyl (C=O) groups is 1. The quantitative estimate of drug-likeness (QED) is 0.802. The monoisotopic (exact) mass is 342 g/mol. The van der Waals surface area contributed by atoms with Crippen molar-refractivity contribution in [3.8, 4) is 0 Å². The number of hydrogen-bond acceptors (Lipinski definition) is 3. The first-order valence-corrected chi connectivity index (χ1v) is 8.83. The number of hydrogen-bond donors (Lipinski definition) is 1. The van der Waals surface area contributed by atoms with Gasteiger partial charge < -0.3 is 14.8 Å². The van der Waals surface area contributed by atoms with E-state index in [0.717, 1.165) is 24.4 Å². The van der Waals surface area contributed by atoms with Crippen molar-refractivity contribution in [3.05, 3.63) is 52.6 Å². The maximum atomic E-state index is 12.8. The first kappa shape index (κ1) is 19.2. The fourth-order valence-electron chi connectivity index (χ4n) is 2.96. The maximum absolute atomic E-state index is 12.8. The van der Waals surface area contributed by atoms with Crippen LogP contribution in [0.2, 0.25) is 0 Å². The molecule has 5 nitrogen and oxygen atoms in total. The molecule has 0 aliphatic rings. The average Bonchev–Trinajstić information content (AvgIpc) is 2.93. The van der Waals surface area contributed by atoms with Crippen LogP contribution in [0.5, 0.6) is 0 Å². The third-order valence-electron chi connectivity index (χ3n) is 4.35. The second-order valence-electron chi connectivity index (χ2n) is 7.09.